The minimum Gasteiger partial charge on any atom is -0.293 e. The second-order valence-electron chi connectivity index (χ2n) is 6.18. The van der Waals surface area contributed by atoms with Gasteiger partial charge in [0.15, 0.2) is 0 Å². The molecular formula is C16H19BrN4. The summed E-state index contributed by atoms with van der Waals surface area (Å²) >= 11 is 3.50. The Morgan fingerprint density at radius 1 is 1.10 bits per heavy atom. The van der Waals surface area contributed by atoms with Gasteiger partial charge in [-0.3, -0.25) is 14.6 Å². The maximum Gasteiger partial charge on any atom is 0.0632 e. The van der Waals surface area contributed by atoms with E-state index < -0.39 is 0 Å². The van der Waals surface area contributed by atoms with Crippen molar-refractivity contribution in [3.8, 4) is 0 Å². The van der Waals surface area contributed by atoms with Gasteiger partial charge in [-0.05, 0) is 59.3 Å². The van der Waals surface area contributed by atoms with Crippen LogP contribution in [0.1, 0.15) is 37.3 Å². The lowest BCUT2D eigenvalue weighted by molar-refractivity contribution is 0.0951. The number of nitrogens with zero attached hydrogens (tertiary/aromatic N) is 4. The summed E-state index contributed by atoms with van der Waals surface area (Å²) in [6.45, 7) is 1.06. The van der Waals surface area contributed by atoms with Gasteiger partial charge in [-0.15, -0.1) is 0 Å². The van der Waals surface area contributed by atoms with Crippen molar-refractivity contribution in [2.45, 2.75) is 50.4 Å². The van der Waals surface area contributed by atoms with Gasteiger partial charge in [-0.25, -0.2) is 0 Å². The molecule has 2 aliphatic rings. The number of fused-ring (bicyclic) bond motifs is 2. The first kappa shape index (κ1) is 13.5. The monoisotopic (exact) mass is 346 g/mol. The molecular weight excluding hydrogens is 328 g/mol. The third-order valence-corrected chi connectivity index (χ3v) is 5.33. The van der Waals surface area contributed by atoms with Crippen molar-refractivity contribution in [1.82, 2.24) is 19.7 Å². The average Bonchev–Trinajstić information content (AvgIpc) is 3.01. The maximum atomic E-state index is 4.49. The number of halogens is 1. The molecule has 21 heavy (non-hydrogen) atoms. The Morgan fingerprint density at radius 2 is 1.81 bits per heavy atom. The first-order valence-electron chi connectivity index (χ1n) is 7.64. The molecule has 0 aliphatic carbocycles. The minimum absolute atomic E-state index is 0.558. The second-order valence-corrected chi connectivity index (χ2v) is 7.09. The van der Waals surface area contributed by atoms with E-state index in [2.05, 4.69) is 53.9 Å². The van der Waals surface area contributed by atoms with Gasteiger partial charge in [0, 0.05) is 37.2 Å². The number of piperidine rings is 1. The van der Waals surface area contributed by atoms with Crippen molar-refractivity contribution in [3.05, 3.63) is 47.0 Å². The number of hydrogen-bond acceptors (Lipinski definition) is 3. The van der Waals surface area contributed by atoms with Crippen molar-refractivity contribution >= 4 is 15.9 Å². The van der Waals surface area contributed by atoms with Crippen LogP contribution in [0.2, 0.25) is 0 Å². The van der Waals surface area contributed by atoms with Crippen LogP contribution in [0.4, 0.5) is 0 Å². The molecule has 2 saturated heterocycles. The smallest absolute Gasteiger partial charge is 0.0632 e. The summed E-state index contributed by atoms with van der Waals surface area (Å²) < 4.78 is 3.23. The largest absolute Gasteiger partial charge is 0.293 e. The lowest BCUT2D eigenvalue weighted by atomic mass is 9.97. The van der Waals surface area contributed by atoms with Crippen molar-refractivity contribution in [1.29, 1.82) is 0 Å². The number of rotatable bonds is 3. The fourth-order valence-corrected chi connectivity index (χ4v) is 4.23. The molecule has 0 radical (unpaired) electrons. The van der Waals surface area contributed by atoms with Gasteiger partial charge in [0.2, 0.25) is 0 Å². The lowest BCUT2D eigenvalue weighted by Gasteiger charge is -2.39. The molecule has 0 saturated carbocycles. The SMILES string of the molecule is Brc1cnn(C2CC3CCC(C2)N3Cc2ccncc2)c1. The molecule has 2 atom stereocenters. The zero-order chi connectivity index (χ0) is 14.2. The highest BCUT2D eigenvalue weighted by Crippen LogP contribution is 2.41. The zero-order valence-corrected chi connectivity index (χ0v) is 13.5. The normalized spacial score (nSPS) is 28.9. The predicted octanol–water partition coefficient (Wildman–Crippen LogP) is 3.41. The van der Waals surface area contributed by atoms with Gasteiger partial charge in [-0.2, -0.15) is 5.10 Å². The Labute approximate surface area is 133 Å². The summed E-state index contributed by atoms with van der Waals surface area (Å²) in [7, 11) is 0. The topological polar surface area (TPSA) is 34.0 Å². The fraction of sp³-hybridized carbons (Fsp3) is 0.500. The van der Waals surface area contributed by atoms with Crippen molar-refractivity contribution in [2.75, 3.05) is 0 Å². The number of aromatic nitrogens is 3. The van der Waals surface area contributed by atoms with E-state index in [1.807, 2.05) is 18.6 Å². The molecule has 0 spiro atoms. The van der Waals surface area contributed by atoms with Crippen LogP contribution in [0.25, 0.3) is 0 Å². The van der Waals surface area contributed by atoms with Crippen molar-refractivity contribution < 1.29 is 0 Å². The first-order valence-corrected chi connectivity index (χ1v) is 8.43. The second kappa shape index (κ2) is 5.54. The van der Waals surface area contributed by atoms with Crippen molar-refractivity contribution in [2.24, 2.45) is 0 Å². The van der Waals surface area contributed by atoms with Gasteiger partial charge in [0.05, 0.1) is 16.7 Å². The van der Waals surface area contributed by atoms with Crippen LogP contribution in [-0.4, -0.2) is 31.7 Å². The van der Waals surface area contributed by atoms with Gasteiger partial charge >= 0.3 is 0 Å². The number of pyridine rings is 1. The molecule has 2 aliphatic heterocycles. The van der Waals surface area contributed by atoms with E-state index in [-0.39, 0.29) is 0 Å². The molecule has 4 heterocycles. The van der Waals surface area contributed by atoms with Crippen LogP contribution < -0.4 is 0 Å². The lowest BCUT2D eigenvalue weighted by Crippen LogP contribution is -2.42. The van der Waals surface area contributed by atoms with Crippen LogP contribution in [0.3, 0.4) is 0 Å². The van der Waals surface area contributed by atoms with E-state index in [9.17, 15) is 0 Å². The molecule has 0 amide bonds. The maximum absolute atomic E-state index is 4.49. The summed E-state index contributed by atoms with van der Waals surface area (Å²) in [5.74, 6) is 0. The highest BCUT2D eigenvalue weighted by molar-refractivity contribution is 9.10. The average molecular weight is 347 g/mol. The van der Waals surface area contributed by atoms with E-state index in [0.29, 0.717) is 18.1 Å². The summed E-state index contributed by atoms with van der Waals surface area (Å²) in [4.78, 5) is 6.81. The highest BCUT2D eigenvalue weighted by atomic mass is 79.9. The molecule has 4 rings (SSSR count). The molecule has 110 valence electrons. The van der Waals surface area contributed by atoms with E-state index in [1.54, 1.807) is 0 Å². The highest BCUT2D eigenvalue weighted by Gasteiger charge is 2.41. The van der Waals surface area contributed by atoms with Crippen LogP contribution in [0.15, 0.2) is 41.4 Å². The first-order chi connectivity index (χ1) is 10.3. The Hall–Kier alpha value is -1.20. The molecule has 0 N–H and O–H groups in total. The molecule has 2 unspecified atom stereocenters. The third-order valence-electron chi connectivity index (χ3n) is 4.92. The molecule has 2 aromatic rings. The summed E-state index contributed by atoms with van der Waals surface area (Å²) in [6.07, 6.45) is 12.9. The van der Waals surface area contributed by atoms with E-state index >= 15 is 0 Å². The fourth-order valence-electron chi connectivity index (χ4n) is 3.93. The van der Waals surface area contributed by atoms with Crippen molar-refractivity contribution in [3.63, 3.8) is 0 Å². The third kappa shape index (κ3) is 2.64. The Morgan fingerprint density at radius 3 is 2.43 bits per heavy atom. The Bertz CT molecular complexity index is 598. The van der Waals surface area contributed by atoms with Gasteiger partial charge in [0.25, 0.3) is 0 Å². The molecule has 2 fully saturated rings. The summed E-state index contributed by atoms with van der Waals surface area (Å²) in [5, 5.41) is 4.49. The van der Waals surface area contributed by atoms with Gasteiger partial charge in [0.1, 0.15) is 0 Å². The Balaban J connectivity index is 1.49. The summed E-state index contributed by atoms with van der Waals surface area (Å²) in [6, 6.07) is 6.23. The zero-order valence-electron chi connectivity index (χ0n) is 11.9. The van der Waals surface area contributed by atoms with Crippen LogP contribution >= 0.6 is 15.9 Å². The van der Waals surface area contributed by atoms with Crippen LogP contribution in [-0.2, 0) is 6.54 Å². The molecule has 5 heteroatoms. The molecule has 2 bridgehead atoms. The van der Waals surface area contributed by atoms with E-state index in [0.717, 1.165) is 11.0 Å². The predicted molar refractivity (Wildman–Crippen MR) is 84.8 cm³/mol. The molecule has 2 aromatic heterocycles. The standard InChI is InChI=1S/C16H19BrN4/c17-13-9-19-21(11-13)16-7-14-1-2-15(8-16)20(14)10-12-3-5-18-6-4-12/h3-6,9,11,14-16H,1-2,7-8,10H2. The van der Waals surface area contributed by atoms with E-state index in [1.165, 1.54) is 31.2 Å². The quantitative estimate of drug-likeness (QED) is 0.853. The van der Waals surface area contributed by atoms with E-state index in [4.69, 9.17) is 0 Å². The van der Waals surface area contributed by atoms with Crippen LogP contribution in [0.5, 0.6) is 0 Å². The van der Waals surface area contributed by atoms with Crippen LogP contribution in [0, 0.1) is 0 Å². The molecule has 4 nitrogen and oxygen atoms in total. The minimum atomic E-state index is 0.558. The number of hydrogen-bond donors (Lipinski definition) is 0. The summed E-state index contributed by atoms with van der Waals surface area (Å²) in [5.41, 5.74) is 1.38. The Kier molecular flexibility index (Phi) is 3.55. The van der Waals surface area contributed by atoms with Gasteiger partial charge in [-0.1, -0.05) is 0 Å². The molecule has 0 aromatic carbocycles. The van der Waals surface area contributed by atoms with Gasteiger partial charge < -0.3 is 0 Å².